The minimum absolute atomic E-state index is 0.122. The summed E-state index contributed by atoms with van der Waals surface area (Å²) in [6, 6.07) is 7.69. The van der Waals surface area contributed by atoms with E-state index in [0.29, 0.717) is 6.04 Å². The van der Waals surface area contributed by atoms with E-state index in [9.17, 15) is 4.79 Å². The maximum atomic E-state index is 11.4. The Morgan fingerprint density at radius 2 is 1.79 bits per heavy atom. The number of anilines is 2. The first-order valence-electron chi connectivity index (χ1n) is 7.97. The van der Waals surface area contributed by atoms with Crippen molar-refractivity contribution < 1.29 is 9.47 Å². The molecule has 1 saturated heterocycles. The lowest BCUT2D eigenvalue weighted by Crippen LogP contribution is -2.39. The van der Waals surface area contributed by atoms with Gasteiger partial charge in [-0.3, -0.25) is 4.79 Å². The second-order valence-electron chi connectivity index (χ2n) is 5.78. The van der Waals surface area contributed by atoms with Gasteiger partial charge in [0, 0.05) is 49.1 Å². The number of hydrogen-bond acceptors (Lipinski definition) is 6. The van der Waals surface area contributed by atoms with Crippen molar-refractivity contribution >= 4 is 11.5 Å². The quantitative estimate of drug-likeness (QED) is 0.871. The van der Waals surface area contributed by atoms with E-state index in [1.54, 1.807) is 20.3 Å². The van der Waals surface area contributed by atoms with E-state index in [0.717, 1.165) is 48.9 Å². The summed E-state index contributed by atoms with van der Waals surface area (Å²) in [5.41, 5.74) is 0.864. The third-order valence-corrected chi connectivity index (χ3v) is 4.21. The monoisotopic (exact) mass is 330 g/mol. The Labute approximate surface area is 140 Å². The summed E-state index contributed by atoms with van der Waals surface area (Å²) in [6.45, 7) is 1.71. The molecule has 2 heterocycles. The molecule has 1 aromatic heterocycles. The Hall–Kier alpha value is -2.70. The van der Waals surface area contributed by atoms with Crippen LogP contribution in [0.1, 0.15) is 12.8 Å². The largest absolute Gasteiger partial charge is 0.497 e. The first-order chi connectivity index (χ1) is 11.7. The molecule has 0 spiro atoms. The zero-order valence-electron chi connectivity index (χ0n) is 13.9. The summed E-state index contributed by atoms with van der Waals surface area (Å²) in [6.07, 6.45) is 3.38. The maximum Gasteiger partial charge on any atom is 0.252 e. The number of ether oxygens (including phenoxy) is 2. The van der Waals surface area contributed by atoms with Crippen molar-refractivity contribution in [1.82, 2.24) is 9.97 Å². The molecule has 7 nitrogen and oxygen atoms in total. The molecule has 0 saturated carbocycles. The highest BCUT2D eigenvalue weighted by atomic mass is 16.5. The predicted molar refractivity (Wildman–Crippen MR) is 93.3 cm³/mol. The van der Waals surface area contributed by atoms with E-state index in [4.69, 9.17) is 9.47 Å². The molecule has 24 heavy (non-hydrogen) atoms. The zero-order chi connectivity index (χ0) is 16.9. The molecule has 7 heteroatoms. The summed E-state index contributed by atoms with van der Waals surface area (Å²) in [7, 11) is 3.29. The van der Waals surface area contributed by atoms with Crippen LogP contribution >= 0.6 is 0 Å². The van der Waals surface area contributed by atoms with Crippen molar-refractivity contribution in [3.63, 3.8) is 0 Å². The van der Waals surface area contributed by atoms with Gasteiger partial charge in [-0.25, -0.2) is 4.98 Å². The number of nitrogens with one attached hydrogen (secondary N) is 2. The van der Waals surface area contributed by atoms with Gasteiger partial charge >= 0.3 is 0 Å². The number of aromatic amines is 1. The summed E-state index contributed by atoms with van der Waals surface area (Å²) < 4.78 is 10.6. The van der Waals surface area contributed by atoms with E-state index < -0.39 is 0 Å². The van der Waals surface area contributed by atoms with Crippen LogP contribution in [0.15, 0.2) is 35.4 Å². The van der Waals surface area contributed by atoms with Gasteiger partial charge in [-0.15, -0.1) is 0 Å². The number of nitrogens with zero attached hydrogens (tertiary/aromatic N) is 2. The number of hydrogen-bond donors (Lipinski definition) is 2. The second-order valence-corrected chi connectivity index (χ2v) is 5.78. The second kappa shape index (κ2) is 7.25. The van der Waals surface area contributed by atoms with Crippen LogP contribution in [0.3, 0.4) is 0 Å². The van der Waals surface area contributed by atoms with Crippen LogP contribution in [0.25, 0.3) is 0 Å². The highest BCUT2D eigenvalue weighted by Gasteiger charge is 2.20. The molecule has 1 aliphatic heterocycles. The number of methoxy groups -OCH3 is 2. The van der Waals surface area contributed by atoms with Crippen molar-refractivity contribution in [3.05, 3.63) is 40.9 Å². The first kappa shape index (κ1) is 16.2. The number of rotatable bonds is 5. The lowest BCUT2D eigenvalue weighted by atomic mass is 10.0. The van der Waals surface area contributed by atoms with Gasteiger partial charge in [0.2, 0.25) is 0 Å². The fraction of sp³-hybridized carbons (Fsp3) is 0.412. The van der Waals surface area contributed by atoms with Crippen LogP contribution in [0, 0.1) is 0 Å². The average molecular weight is 330 g/mol. The van der Waals surface area contributed by atoms with Gasteiger partial charge in [0.15, 0.2) is 0 Å². The number of H-pyrrole nitrogens is 1. The topological polar surface area (TPSA) is 79.5 Å². The van der Waals surface area contributed by atoms with Crippen LogP contribution in [0.4, 0.5) is 11.5 Å². The van der Waals surface area contributed by atoms with Crippen molar-refractivity contribution in [2.45, 2.75) is 18.9 Å². The van der Waals surface area contributed by atoms with Crippen LogP contribution in [-0.2, 0) is 0 Å². The lowest BCUT2D eigenvalue weighted by molar-refractivity contribution is 0.394. The van der Waals surface area contributed by atoms with Gasteiger partial charge in [0.25, 0.3) is 5.56 Å². The fourth-order valence-corrected chi connectivity index (χ4v) is 2.91. The van der Waals surface area contributed by atoms with Crippen molar-refractivity contribution in [1.29, 1.82) is 0 Å². The highest BCUT2D eigenvalue weighted by molar-refractivity contribution is 5.54. The van der Waals surface area contributed by atoms with E-state index in [-0.39, 0.29) is 5.56 Å². The van der Waals surface area contributed by atoms with Crippen LogP contribution in [-0.4, -0.2) is 43.3 Å². The molecule has 1 aromatic carbocycles. The summed E-state index contributed by atoms with van der Waals surface area (Å²) in [5, 5.41) is 3.54. The highest BCUT2D eigenvalue weighted by Crippen LogP contribution is 2.27. The fourth-order valence-electron chi connectivity index (χ4n) is 2.91. The van der Waals surface area contributed by atoms with Crippen LogP contribution < -0.4 is 25.2 Å². The molecule has 1 fully saturated rings. The number of benzene rings is 1. The average Bonchev–Trinajstić information content (AvgIpc) is 2.62. The number of piperidine rings is 1. The Bertz CT molecular complexity index is 716. The molecular weight excluding hydrogens is 308 g/mol. The molecule has 0 unspecified atom stereocenters. The van der Waals surface area contributed by atoms with E-state index >= 15 is 0 Å². The van der Waals surface area contributed by atoms with Gasteiger partial charge in [-0.1, -0.05) is 0 Å². The molecule has 0 aliphatic carbocycles. The van der Waals surface area contributed by atoms with Crippen molar-refractivity contribution in [2.75, 3.05) is 37.5 Å². The van der Waals surface area contributed by atoms with Crippen LogP contribution in [0.2, 0.25) is 0 Å². The zero-order valence-corrected chi connectivity index (χ0v) is 13.9. The normalized spacial score (nSPS) is 15.2. The van der Waals surface area contributed by atoms with E-state index in [1.807, 2.05) is 18.2 Å². The molecule has 0 atom stereocenters. The standard InChI is InChI=1S/C17H22N4O3/c1-23-14-7-13(8-15(9-14)24-2)20-12-3-5-21(6-4-12)16-10-17(22)19-11-18-16/h7-12,20H,3-6H2,1-2H3,(H,18,19,22). The maximum absolute atomic E-state index is 11.4. The van der Waals surface area contributed by atoms with Crippen LogP contribution in [0.5, 0.6) is 11.5 Å². The Kier molecular flexibility index (Phi) is 4.88. The molecule has 0 amide bonds. The lowest BCUT2D eigenvalue weighted by Gasteiger charge is -2.33. The molecule has 2 aromatic rings. The summed E-state index contributed by atoms with van der Waals surface area (Å²) in [5.74, 6) is 2.27. The molecule has 128 valence electrons. The van der Waals surface area contributed by atoms with Gasteiger partial charge in [-0.2, -0.15) is 0 Å². The molecule has 1 aliphatic rings. The van der Waals surface area contributed by atoms with Crippen molar-refractivity contribution in [3.8, 4) is 11.5 Å². The summed E-state index contributed by atoms with van der Waals surface area (Å²) >= 11 is 0. The van der Waals surface area contributed by atoms with Crippen molar-refractivity contribution in [2.24, 2.45) is 0 Å². The number of aromatic nitrogens is 2. The smallest absolute Gasteiger partial charge is 0.252 e. The molecule has 2 N–H and O–H groups in total. The summed E-state index contributed by atoms with van der Waals surface area (Å²) in [4.78, 5) is 20.3. The first-order valence-corrected chi connectivity index (χ1v) is 7.97. The Morgan fingerprint density at radius 3 is 2.38 bits per heavy atom. The van der Waals surface area contributed by atoms with Gasteiger partial charge < -0.3 is 24.7 Å². The SMILES string of the molecule is COc1cc(NC2CCN(c3cc(=O)[nH]cn3)CC2)cc(OC)c1. The van der Waals surface area contributed by atoms with E-state index in [1.165, 1.54) is 6.33 Å². The Balaban J connectivity index is 1.62. The van der Waals surface area contributed by atoms with Gasteiger partial charge in [0.05, 0.1) is 20.5 Å². The van der Waals surface area contributed by atoms with E-state index in [2.05, 4.69) is 20.2 Å². The predicted octanol–water partition coefficient (Wildman–Crippen LogP) is 1.87. The molecule has 0 bridgehead atoms. The molecular formula is C17H22N4O3. The minimum Gasteiger partial charge on any atom is -0.497 e. The third-order valence-electron chi connectivity index (χ3n) is 4.21. The minimum atomic E-state index is -0.122. The van der Waals surface area contributed by atoms with Gasteiger partial charge in [-0.05, 0) is 12.8 Å². The molecule has 0 radical (unpaired) electrons. The third kappa shape index (κ3) is 3.79. The Morgan fingerprint density at radius 1 is 1.12 bits per heavy atom. The van der Waals surface area contributed by atoms with Gasteiger partial charge in [0.1, 0.15) is 17.3 Å². The molecule has 3 rings (SSSR count).